The summed E-state index contributed by atoms with van der Waals surface area (Å²) in [5.74, 6) is 0. The quantitative estimate of drug-likeness (QED) is 0.661. The predicted octanol–water partition coefficient (Wildman–Crippen LogP) is 3.81. The lowest BCUT2D eigenvalue weighted by molar-refractivity contribution is 0.240. The van der Waals surface area contributed by atoms with E-state index < -0.39 is 0 Å². The summed E-state index contributed by atoms with van der Waals surface area (Å²) in [6, 6.07) is 20.3. The molecular formula is C23H26N4O. The molecule has 0 bridgehead atoms. The fourth-order valence-electron chi connectivity index (χ4n) is 3.03. The van der Waals surface area contributed by atoms with Crippen LogP contribution in [0.25, 0.3) is 11.1 Å². The normalized spacial score (nSPS) is 10.7. The van der Waals surface area contributed by atoms with Crippen molar-refractivity contribution in [3.8, 4) is 11.1 Å². The Labute approximate surface area is 166 Å². The van der Waals surface area contributed by atoms with E-state index in [0.29, 0.717) is 13.1 Å². The number of hydrogen-bond acceptors (Lipinski definition) is 3. The number of urea groups is 1. The molecule has 2 amide bonds. The largest absolute Gasteiger partial charge is 0.334 e. The lowest BCUT2D eigenvalue weighted by Crippen LogP contribution is -2.34. The molecule has 3 rings (SSSR count). The molecular weight excluding hydrogens is 348 g/mol. The molecule has 0 saturated heterocycles. The summed E-state index contributed by atoms with van der Waals surface area (Å²) in [5.41, 5.74) is 5.61. The van der Waals surface area contributed by atoms with Gasteiger partial charge in [-0.05, 0) is 48.0 Å². The molecule has 0 atom stereocenters. The molecule has 0 fully saturated rings. The maximum absolute atomic E-state index is 12.1. The molecule has 28 heavy (non-hydrogen) atoms. The van der Waals surface area contributed by atoms with E-state index in [9.17, 15) is 4.79 Å². The van der Waals surface area contributed by atoms with E-state index in [4.69, 9.17) is 0 Å². The number of rotatable bonds is 7. The summed E-state index contributed by atoms with van der Waals surface area (Å²) < 4.78 is 0. The maximum atomic E-state index is 12.1. The Morgan fingerprint density at radius 2 is 1.64 bits per heavy atom. The standard InChI is InChI=1S/C23H26N4O/c1-27(2)17-18-9-11-20(12-10-18)22-8-4-3-7-21(22)16-26-23(28)25-15-19-6-5-13-24-14-19/h3-14H,15-17H2,1-2H3,(H2,25,26,28). The van der Waals surface area contributed by atoms with Crippen molar-refractivity contribution in [3.05, 3.63) is 89.7 Å². The monoisotopic (exact) mass is 374 g/mol. The minimum atomic E-state index is -0.194. The Morgan fingerprint density at radius 3 is 2.36 bits per heavy atom. The van der Waals surface area contributed by atoms with Crippen molar-refractivity contribution in [2.75, 3.05) is 14.1 Å². The van der Waals surface area contributed by atoms with Crippen LogP contribution < -0.4 is 10.6 Å². The highest BCUT2D eigenvalue weighted by atomic mass is 16.2. The van der Waals surface area contributed by atoms with Crippen LogP contribution in [0.2, 0.25) is 0 Å². The Bertz CT molecular complexity index is 892. The molecule has 0 saturated carbocycles. The number of nitrogens with zero attached hydrogens (tertiary/aromatic N) is 2. The van der Waals surface area contributed by atoms with Gasteiger partial charge in [0.25, 0.3) is 0 Å². The average Bonchev–Trinajstić information content (AvgIpc) is 2.72. The van der Waals surface area contributed by atoms with Gasteiger partial charge in [0.15, 0.2) is 0 Å². The van der Waals surface area contributed by atoms with Crippen LogP contribution in [0, 0.1) is 0 Å². The number of benzene rings is 2. The smallest absolute Gasteiger partial charge is 0.315 e. The Balaban J connectivity index is 1.61. The van der Waals surface area contributed by atoms with Gasteiger partial charge in [-0.1, -0.05) is 54.6 Å². The van der Waals surface area contributed by atoms with Crippen molar-refractivity contribution in [2.45, 2.75) is 19.6 Å². The van der Waals surface area contributed by atoms with Crippen molar-refractivity contribution in [1.82, 2.24) is 20.5 Å². The van der Waals surface area contributed by atoms with Gasteiger partial charge in [-0.15, -0.1) is 0 Å². The van der Waals surface area contributed by atoms with E-state index in [1.165, 1.54) is 5.56 Å². The summed E-state index contributed by atoms with van der Waals surface area (Å²) in [4.78, 5) is 18.3. The predicted molar refractivity (Wildman–Crippen MR) is 113 cm³/mol. The highest BCUT2D eigenvalue weighted by Crippen LogP contribution is 2.24. The first kappa shape index (κ1) is 19.6. The first-order chi connectivity index (χ1) is 13.6. The number of amides is 2. The highest BCUT2D eigenvalue weighted by Gasteiger charge is 2.07. The van der Waals surface area contributed by atoms with E-state index in [-0.39, 0.29) is 6.03 Å². The van der Waals surface area contributed by atoms with E-state index in [1.54, 1.807) is 12.4 Å². The SMILES string of the molecule is CN(C)Cc1ccc(-c2ccccc2CNC(=O)NCc2cccnc2)cc1. The minimum Gasteiger partial charge on any atom is -0.334 e. The fourth-order valence-corrected chi connectivity index (χ4v) is 3.03. The second-order valence-corrected chi connectivity index (χ2v) is 6.99. The van der Waals surface area contributed by atoms with Gasteiger partial charge in [-0.25, -0.2) is 4.79 Å². The average molecular weight is 374 g/mol. The van der Waals surface area contributed by atoms with E-state index >= 15 is 0 Å². The second-order valence-electron chi connectivity index (χ2n) is 6.99. The summed E-state index contributed by atoms with van der Waals surface area (Å²) in [5, 5.41) is 5.80. The highest BCUT2D eigenvalue weighted by molar-refractivity contribution is 5.74. The molecule has 0 aliphatic carbocycles. The molecule has 0 aliphatic rings. The number of carbonyl (C=O) groups excluding carboxylic acids is 1. The van der Waals surface area contributed by atoms with E-state index in [1.807, 2.05) is 30.3 Å². The third kappa shape index (κ3) is 5.66. The van der Waals surface area contributed by atoms with Gasteiger partial charge in [0.05, 0.1) is 0 Å². The van der Waals surface area contributed by atoms with Gasteiger partial charge in [-0.3, -0.25) is 4.98 Å². The first-order valence-corrected chi connectivity index (χ1v) is 9.34. The van der Waals surface area contributed by atoms with E-state index in [2.05, 4.69) is 64.9 Å². The lowest BCUT2D eigenvalue weighted by atomic mass is 9.98. The number of nitrogens with one attached hydrogen (secondary N) is 2. The molecule has 2 aromatic carbocycles. The van der Waals surface area contributed by atoms with Crippen LogP contribution in [-0.4, -0.2) is 30.0 Å². The first-order valence-electron chi connectivity index (χ1n) is 9.34. The van der Waals surface area contributed by atoms with Crippen molar-refractivity contribution in [1.29, 1.82) is 0 Å². The van der Waals surface area contributed by atoms with Crippen molar-refractivity contribution in [2.24, 2.45) is 0 Å². The molecule has 5 nitrogen and oxygen atoms in total. The number of hydrogen-bond donors (Lipinski definition) is 2. The van der Waals surface area contributed by atoms with Gasteiger partial charge in [0, 0.05) is 32.0 Å². The molecule has 2 N–H and O–H groups in total. The zero-order chi connectivity index (χ0) is 19.8. The summed E-state index contributed by atoms with van der Waals surface area (Å²) in [6.45, 7) is 1.84. The fraction of sp³-hybridized carbons (Fsp3) is 0.217. The summed E-state index contributed by atoms with van der Waals surface area (Å²) >= 11 is 0. The zero-order valence-electron chi connectivity index (χ0n) is 16.4. The van der Waals surface area contributed by atoms with E-state index in [0.717, 1.165) is 28.8 Å². The number of aromatic nitrogens is 1. The molecule has 0 unspecified atom stereocenters. The van der Waals surface area contributed by atoms with Crippen molar-refractivity contribution < 1.29 is 4.79 Å². The van der Waals surface area contributed by atoms with Crippen LogP contribution in [0.3, 0.4) is 0 Å². The maximum Gasteiger partial charge on any atom is 0.315 e. The molecule has 0 radical (unpaired) electrons. The van der Waals surface area contributed by atoms with Gasteiger partial charge in [0.1, 0.15) is 0 Å². The van der Waals surface area contributed by atoms with Crippen LogP contribution in [0.15, 0.2) is 73.1 Å². The van der Waals surface area contributed by atoms with Crippen LogP contribution in [0.1, 0.15) is 16.7 Å². The van der Waals surface area contributed by atoms with Crippen LogP contribution in [0.4, 0.5) is 4.79 Å². The summed E-state index contributed by atoms with van der Waals surface area (Å²) in [6.07, 6.45) is 3.46. The molecule has 3 aromatic rings. The summed E-state index contributed by atoms with van der Waals surface area (Å²) in [7, 11) is 4.13. The third-order valence-corrected chi connectivity index (χ3v) is 4.40. The second kappa shape index (κ2) is 9.67. The van der Waals surface area contributed by atoms with Crippen LogP contribution in [0.5, 0.6) is 0 Å². The van der Waals surface area contributed by atoms with Crippen molar-refractivity contribution >= 4 is 6.03 Å². The molecule has 5 heteroatoms. The van der Waals surface area contributed by atoms with Gasteiger partial charge in [0.2, 0.25) is 0 Å². The Kier molecular flexibility index (Phi) is 6.76. The van der Waals surface area contributed by atoms with Crippen LogP contribution in [-0.2, 0) is 19.6 Å². The number of carbonyl (C=O) groups is 1. The third-order valence-electron chi connectivity index (χ3n) is 4.40. The molecule has 1 heterocycles. The topological polar surface area (TPSA) is 57.3 Å². The Morgan fingerprint density at radius 1 is 0.893 bits per heavy atom. The number of pyridine rings is 1. The Hall–Kier alpha value is -3.18. The molecule has 1 aromatic heterocycles. The lowest BCUT2D eigenvalue weighted by Gasteiger charge is -2.13. The molecule has 144 valence electrons. The molecule has 0 spiro atoms. The van der Waals surface area contributed by atoms with Gasteiger partial charge >= 0.3 is 6.03 Å². The minimum absolute atomic E-state index is 0.194. The van der Waals surface area contributed by atoms with Gasteiger partial charge < -0.3 is 15.5 Å². The van der Waals surface area contributed by atoms with Crippen molar-refractivity contribution in [3.63, 3.8) is 0 Å². The van der Waals surface area contributed by atoms with Gasteiger partial charge in [-0.2, -0.15) is 0 Å². The molecule has 0 aliphatic heterocycles. The van der Waals surface area contributed by atoms with Crippen LogP contribution >= 0.6 is 0 Å². The zero-order valence-corrected chi connectivity index (χ0v) is 16.4.